The van der Waals surface area contributed by atoms with Crippen molar-refractivity contribution in [3.05, 3.63) is 52.3 Å². The van der Waals surface area contributed by atoms with E-state index in [-0.39, 0.29) is 12.7 Å². The number of benzene rings is 1. The van der Waals surface area contributed by atoms with Crippen molar-refractivity contribution in [3.8, 4) is 5.75 Å². The van der Waals surface area contributed by atoms with Gasteiger partial charge in [0, 0.05) is 5.56 Å². The fourth-order valence-corrected chi connectivity index (χ4v) is 3.88. The Bertz CT molecular complexity index is 864. The van der Waals surface area contributed by atoms with Gasteiger partial charge in [-0.2, -0.15) is 4.98 Å². The van der Waals surface area contributed by atoms with E-state index in [9.17, 15) is 9.18 Å². The first-order valence-electron chi connectivity index (χ1n) is 8.11. The first-order chi connectivity index (χ1) is 12.6. The third-order valence-corrected chi connectivity index (χ3v) is 5.21. The minimum Gasteiger partial charge on any atom is -0.426 e. The highest BCUT2D eigenvalue weighted by molar-refractivity contribution is 7.42. The molecule has 0 bridgehead atoms. The average Bonchev–Trinajstić information content (AvgIpc) is 3.11. The van der Waals surface area contributed by atoms with Crippen LogP contribution in [0.25, 0.3) is 0 Å². The number of nitrogens with two attached hydrogens (primary N) is 1. The summed E-state index contributed by atoms with van der Waals surface area (Å²) in [6.07, 6.45) is 1.37. The van der Waals surface area contributed by atoms with Crippen molar-refractivity contribution < 1.29 is 22.7 Å². The monoisotopic (exact) mass is 381 g/mol. The summed E-state index contributed by atoms with van der Waals surface area (Å²) in [5, 5.41) is 0. The molecule has 10 heteroatoms. The Kier molecular flexibility index (Phi) is 4.86. The molecule has 1 aromatic heterocycles. The number of halogens is 1. The van der Waals surface area contributed by atoms with Gasteiger partial charge in [-0.05, 0) is 18.9 Å². The SMILES string of the molecule is Nc1nc(=O)n(C2CCC(COP3OCc4ccccc4O3)O2)cc1F. The van der Waals surface area contributed by atoms with Crippen LogP contribution in [0.2, 0.25) is 0 Å². The molecule has 4 rings (SSSR count). The molecular formula is C16H17FN3O5P. The first kappa shape index (κ1) is 17.4. The van der Waals surface area contributed by atoms with E-state index < -0.39 is 32.2 Å². The van der Waals surface area contributed by atoms with Crippen LogP contribution in [0, 0.1) is 5.82 Å². The third-order valence-electron chi connectivity index (χ3n) is 4.17. The summed E-state index contributed by atoms with van der Waals surface area (Å²) in [7, 11) is -1.50. The second-order valence-corrected chi connectivity index (χ2v) is 7.09. The van der Waals surface area contributed by atoms with Crippen LogP contribution in [0.1, 0.15) is 24.6 Å². The smallest absolute Gasteiger partial charge is 0.397 e. The zero-order valence-corrected chi connectivity index (χ0v) is 14.6. The molecule has 138 valence electrons. The van der Waals surface area contributed by atoms with Gasteiger partial charge in [0.1, 0.15) is 12.0 Å². The van der Waals surface area contributed by atoms with Crippen LogP contribution in [-0.4, -0.2) is 22.3 Å². The Labute approximate surface area is 149 Å². The van der Waals surface area contributed by atoms with Crippen LogP contribution in [0.3, 0.4) is 0 Å². The van der Waals surface area contributed by atoms with Gasteiger partial charge in [0.05, 0.1) is 25.5 Å². The largest absolute Gasteiger partial charge is 0.426 e. The summed E-state index contributed by atoms with van der Waals surface area (Å²) in [5.41, 5.74) is 5.63. The molecule has 0 spiro atoms. The summed E-state index contributed by atoms with van der Waals surface area (Å²) in [4.78, 5) is 15.3. The van der Waals surface area contributed by atoms with E-state index >= 15 is 0 Å². The molecule has 2 aliphatic heterocycles. The molecule has 1 aromatic carbocycles. The van der Waals surface area contributed by atoms with E-state index in [2.05, 4.69) is 4.98 Å². The molecule has 1 fully saturated rings. The van der Waals surface area contributed by atoms with Crippen LogP contribution in [0.5, 0.6) is 5.75 Å². The number of anilines is 1. The highest BCUT2D eigenvalue weighted by atomic mass is 31.2. The average molecular weight is 381 g/mol. The number of ether oxygens (including phenoxy) is 1. The van der Waals surface area contributed by atoms with Crippen LogP contribution in [-0.2, 0) is 20.4 Å². The standard InChI is InChI=1S/C16H17FN3O5P/c17-12-7-20(16(21)19-15(12)18)14-6-5-11(24-14)9-23-26-22-8-10-3-1-2-4-13(10)25-26/h1-4,7,11,14H,5-6,8-9H2,(H2,18,19,21). The zero-order chi connectivity index (χ0) is 18.1. The van der Waals surface area contributed by atoms with Crippen molar-refractivity contribution in [2.45, 2.75) is 31.8 Å². The molecular weight excluding hydrogens is 364 g/mol. The maximum atomic E-state index is 13.6. The Morgan fingerprint density at radius 1 is 1.38 bits per heavy atom. The number of fused-ring (bicyclic) bond motifs is 1. The molecule has 26 heavy (non-hydrogen) atoms. The Balaban J connectivity index is 1.33. The molecule has 3 heterocycles. The van der Waals surface area contributed by atoms with Gasteiger partial charge in [-0.25, -0.2) is 9.18 Å². The molecule has 0 radical (unpaired) electrons. The Morgan fingerprint density at radius 2 is 2.23 bits per heavy atom. The first-order valence-corrected chi connectivity index (χ1v) is 9.21. The number of rotatable bonds is 4. The lowest BCUT2D eigenvalue weighted by Gasteiger charge is -2.24. The Morgan fingerprint density at radius 3 is 3.12 bits per heavy atom. The van der Waals surface area contributed by atoms with Crippen molar-refractivity contribution in [1.82, 2.24) is 9.55 Å². The minimum absolute atomic E-state index is 0.251. The minimum atomic E-state index is -1.50. The van der Waals surface area contributed by atoms with E-state index in [1.165, 1.54) is 0 Å². The molecule has 2 N–H and O–H groups in total. The summed E-state index contributed by atoms with van der Waals surface area (Å²) in [6, 6.07) is 7.61. The van der Waals surface area contributed by atoms with Gasteiger partial charge in [0.2, 0.25) is 0 Å². The second kappa shape index (κ2) is 7.28. The summed E-state index contributed by atoms with van der Waals surface area (Å²) < 4.78 is 37.4. The fraction of sp³-hybridized carbons (Fsp3) is 0.375. The van der Waals surface area contributed by atoms with Gasteiger partial charge < -0.3 is 15.0 Å². The number of hydrogen-bond acceptors (Lipinski definition) is 7. The van der Waals surface area contributed by atoms with E-state index in [0.717, 1.165) is 22.1 Å². The quantitative estimate of drug-likeness (QED) is 0.813. The van der Waals surface area contributed by atoms with Gasteiger partial charge in [-0.1, -0.05) is 18.2 Å². The normalized spacial score (nSPS) is 24.9. The molecule has 0 amide bonds. The van der Waals surface area contributed by atoms with Crippen LogP contribution >= 0.6 is 8.60 Å². The van der Waals surface area contributed by atoms with Gasteiger partial charge in [0.25, 0.3) is 0 Å². The van der Waals surface area contributed by atoms with Crippen molar-refractivity contribution in [2.24, 2.45) is 0 Å². The fourth-order valence-electron chi connectivity index (χ4n) is 2.83. The van der Waals surface area contributed by atoms with E-state index in [4.69, 9.17) is 24.0 Å². The molecule has 3 unspecified atom stereocenters. The molecule has 3 atom stereocenters. The number of para-hydroxylation sites is 1. The van der Waals surface area contributed by atoms with E-state index in [0.29, 0.717) is 19.4 Å². The van der Waals surface area contributed by atoms with Crippen LogP contribution in [0.15, 0.2) is 35.3 Å². The predicted octanol–water partition coefficient (Wildman–Crippen LogP) is 2.49. The van der Waals surface area contributed by atoms with Gasteiger partial charge in [-0.15, -0.1) is 0 Å². The summed E-state index contributed by atoms with van der Waals surface area (Å²) in [6.45, 7) is 0.686. The van der Waals surface area contributed by atoms with Crippen LogP contribution in [0.4, 0.5) is 10.2 Å². The molecule has 8 nitrogen and oxygen atoms in total. The maximum Gasteiger partial charge on any atom is 0.397 e. The van der Waals surface area contributed by atoms with Crippen molar-refractivity contribution >= 4 is 14.4 Å². The summed E-state index contributed by atoms with van der Waals surface area (Å²) >= 11 is 0. The Hall–Kier alpha value is -2.06. The number of hydrogen-bond donors (Lipinski definition) is 1. The highest BCUT2D eigenvalue weighted by Gasteiger charge is 2.31. The van der Waals surface area contributed by atoms with Gasteiger partial charge in [-0.3, -0.25) is 13.6 Å². The van der Waals surface area contributed by atoms with Crippen molar-refractivity contribution in [1.29, 1.82) is 0 Å². The molecule has 0 saturated carbocycles. The number of aromatic nitrogens is 2. The van der Waals surface area contributed by atoms with Crippen molar-refractivity contribution in [2.75, 3.05) is 12.3 Å². The second-order valence-electron chi connectivity index (χ2n) is 5.95. The molecule has 2 aromatic rings. The topological polar surface area (TPSA) is 97.8 Å². The summed E-state index contributed by atoms with van der Waals surface area (Å²) in [5.74, 6) is -0.414. The van der Waals surface area contributed by atoms with Crippen LogP contribution < -0.4 is 15.9 Å². The maximum absolute atomic E-state index is 13.6. The number of nitrogens with zero attached hydrogens (tertiary/aromatic N) is 2. The molecule has 1 saturated heterocycles. The molecule has 2 aliphatic rings. The van der Waals surface area contributed by atoms with Gasteiger partial charge >= 0.3 is 14.3 Å². The third kappa shape index (κ3) is 3.57. The lowest BCUT2D eigenvalue weighted by atomic mass is 10.2. The lowest BCUT2D eigenvalue weighted by molar-refractivity contribution is -0.0232. The van der Waals surface area contributed by atoms with Crippen molar-refractivity contribution in [3.63, 3.8) is 0 Å². The highest BCUT2D eigenvalue weighted by Crippen LogP contribution is 2.47. The number of nitrogen functional groups attached to an aromatic ring is 1. The lowest BCUT2D eigenvalue weighted by Crippen LogP contribution is -2.29. The van der Waals surface area contributed by atoms with E-state index in [1.54, 1.807) is 0 Å². The van der Waals surface area contributed by atoms with Gasteiger partial charge in [0.15, 0.2) is 11.6 Å². The zero-order valence-electron chi connectivity index (χ0n) is 13.7. The van der Waals surface area contributed by atoms with E-state index in [1.807, 2.05) is 24.3 Å². The molecule has 0 aliphatic carbocycles. The predicted molar refractivity (Wildman–Crippen MR) is 90.7 cm³/mol.